The number of esters is 1. The lowest BCUT2D eigenvalue weighted by atomic mass is 10.0. The van der Waals surface area contributed by atoms with E-state index in [1.807, 2.05) is 36.4 Å². The van der Waals surface area contributed by atoms with E-state index in [0.29, 0.717) is 30.6 Å². The highest BCUT2D eigenvalue weighted by Gasteiger charge is 2.28. The topological polar surface area (TPSA) is 63.7 Å². The van der Waals surface area contributed by atoms with Gasteiger partial charge in [0.25, 0.3) is 0 Å². The highest BCUT2D eigenvalue weighted by atomic mass is 32.2. The maximum absolute atomic E-state index is 13.0. The van der Waals surface area contributed by atoms with Gasteiger partial charge in [-0.15, -0.1) is 0 Å². The lowest BCUT2D eigenvalue weighted by Gasteiger charge is -2.26. The fourth-order valence-corrected chi connectivity index (χ4v) is 4.69. The highest BCUT2D eigenvalue weighted by molar-refractivity contribution is 7.89. The molecular formula is C20H21NO4S. The van der Waals surface area contributed by atoms with Crippen LogP contribution in [0.4, 0.5) is 0 Å². The first-order valence-corrected chi connectivity index (χ1v) is 9.81. The molecule has 6 heteroatoms. The minimum absolute atomic E-state index is 0.224. The summed E-state index contributed by atoms with van der Waals surface area (Å²) in [6.45, 7) is 2.46. The van der Waals surface area contributed by atoms with Crippen LogP contribution >= 0.6 is 0 Å². The summed E-state index contributed by atoms with van der Waals surface area (Å²) >= 11 is 0. The summed E-state index contributed by atoms with van der Waals surface area (Å²) < 4.78 is 32.1. The number of hydrogen-bond donors (Lipinski definition) is 0. The molecular weight excluding hydrogens is 350 g/mol. The quantitative estimate of drug-likeness (QED) is 0.774. The molecule has 5 nitrogen and oxygen atoms in total. The Kier molecular flexibility index (Phi) is 5.25. The molecule has 1 heterocycles. The maximum atomic E-state index is 13.0. The Labute approximate surface area is 154 Å². The highest BCUT2D eigenvalue weighted by Crippen LogP contribution is 2.27. The van der Waals surface area contributed by atoms with E-state index in [9.17, 15) is 13.2 Å². The fraction of sp³-hybridized carbons (Fsp3) is 0.250. The third kappa shape index (κ3) is 3.57. The molecule has 2 aromatic carbocycles. The van der Waals surface area contributed by atoms with Crippen LogP contribution in [0.2, 0.25) is 0 Å². The Bertz CT molecular complexity index is 949. The van der Waals surface area contributed by atoms with Gasteiger partial charge in [-0.1, -0.05) is 36.4 Å². The number of ether oxygens (including phenoxy) is 1. The predicted octanol–water partition coefficient (Wildman–Crippen LogP) is 3.26. The van der Waals surface area contributed by atoms with Crippen molar-refractivity contribution in [3.63, 3.8) is 0 Å². The molecule has 0 unspecified atom stereocenters. The summed E-state index contributed by atoms with van der Waals surface area (Å²) in [4.78, 5) is 11.8. The summed E-state index contributed by atoms with van der Waals surface area (Å²) in [5.41, 5.74) is 3.16. The lowest BCUT2D eigenvalue weighted by molar-refractivity contribution is 0.0600. The molecule has 0 aromatic heterocycles. The fourth-order valence-electron chi connectivity index (χ4n) is 3.11. The van der Waals surface area contributed by atoms with Gasteiger partial charge >= 0.3 is 5.97 Å². The molecule has 0 amide bonds. The number of hydrogen-bond acceptors (Lipinski definition) is 4. The van der Waals surface area contributed by atoms with Crippen molar-refractivity contribution in [1.29, 1.82) is 0 Å². The summed E-state index contributed by atoms with van der Waals surface area (Å²) in [6, 6.07) is 14.5. The second kappa shape index (κ2) is 7.43. The van der Waals surface area contributed by atoms with Crippen LogP contribution in [0.3, 0.4) is 0 Å². The van der Waals surface area contributed by atoms with Crippen LogP contribution in [-0.2, 0) is 14.8 Å². The van der Waals surface area contributed by atoms with E-state index in [4.69, 9.17) is 0 Å². The molecule has 0 radical (unpaired) electrons. The molecule has 1 aliphatic heterocycles. The zero-order chi connectivity index (χ0) is 18.7. The van der Waals surface area contributed by atoms with E-state index in [2.05, 4.69) is 4.74 Å². The van der Waals surface area contributed by atoms with E-state index in [1.54, 1.807) is 13.0 Å². The summed E-state index contributed by atoms with van der Waals surface area (Å²) in [7, 11) is -2.31. The van der Waals surface area contributed by atoms with Crippen molar-refractivity contribution in [2.45, 2.75) is 18.2 Å². The molecule has 26 heavy (non-hydrogen) atoms. The van der Waals surface area contributed by atoms with Crippen molar-refractivity contribution in [1.82, 2.24) is 4.31 Å². The van der Waals surface area contributed by atoms with Crippen LogP contribution in [-0.4, -0.2) is 38.9 Å². The first-order chi connectivity index (χ1) is 12.4. The van der Waals surface area contributed by atoms with Gasteiger partial charge in [0.15, 0.2) is 0 Å². The van der Waals surface area contributed by atoms with E-state index in [-0.39, 0.29) is 4.90 Å². The van der Waals surface area contributed by atoms with Crippen LogP contribution in [0, 0.1) is 6.92 Å². The third-order valence-electron chi connectivity index (χ3n) is 4.53. The van der Waals surface area contributed by atoms with Crippen molar-refractivity contribution < 1.29 is 17.9 Å². The average Bonchev–Trinajstić information content (AvgIpc) is 2.68. The van der Waals surface area contributed by atoms with Gasteiger partial charge in [0.2, 0.25) is 10.0 Å². The molecule has 136 valence electrons. The number of carbonyl (C=O) groups excluding carboxylic acids is 1. The minimum atomic E-state index is -3.61. The first kappa shape index (κ1) is 18.4. The maximum Gasteiger partial charge on any atom is 0.337 e. The number of carbonyl (C=O) groups is 1. The van der Waals surface area contributed by atoms with Crippen LogP contribution in [0.5, 0.6) is 0 Å². The molecule has 0 saturated heterocycles. The standard InChI is InChI=1S/C20H21NO4S/c1-15-14-18(20(22)25-2)8-9-19(15)26(23,24)21-12-10-17(11-13-21)16-6-4-3-5-7-16/h3-10,14H,11-13H2,1-2H3. The van der Waals surface area contributed by atoms with Gasteiger partial charge in [0.1, 0.15) is 0 Å². The van der Waals surface area contributed by atoms with E-state index < -0.39 is 16.0 Å². The van der Waals surface area contributed by atoms with Gasteiger partial charge in [-0.25, -0.2) is 13.2 Å². The summed E-state index contributed by atoms with van der Waals surface area (Å²) in [6.07, 6.45) is 2.64. The Morgan fingerprint density at radius 2 is 1.85 bits per heavy atom. The molecule has 0 saturated carbocycles. The molecule has 0 N–H and O–H groups in total. The van der Waals surface area contributed by atoms with Gasteiger partial charge < -0.3 is 4.74 Å². The van der Waals surface area contributed by atoms with Gasteiger partial charge in [0.05, 0.1) is 17.6 Å². The summed E-state index contributed by atoms with van der Waals surface area (Å²) in [5.74, 6) is -0.481. The molecule has 0 atom stereocenters. The Morgan fingerprint density at radius 3 is 2.42 bits per heavy atom. The van der Waals surface area contributed by atoms with Crippen LogP contribution in [0.15, 0.2) is 59.5 Å². The van der Waals surface area contributed by atoms with Crippen LogP contribution < -0.4 is 0 Å². The monoisotopic (exact) mass is 371 g/mol. The number of benzene rings is 2. The minimum Gasteiger partial charge on any atom is -0.465 e. The van der Waals surface area contributed by atoms with E-state index in [0.717, 1.165) is 11.1 Å². The zero-order valence-electron chi connectivity index (χ0n) is 14.8. The predicted molar refractivity (Wildman–Crippen MR) is 100 cm³/mol. The average molecular weight is 371 g/mol. The largest absolute Gasteiger partial charge is 0.465 e. The van der Waals surface area contributed by atoms with Gasteiger partial charge in [0, 0.05) is 13.1 Å². The second-order valence-corrected chi connectivity index (χ2v) is 8.09. The zero-order valence-corrected chi connectivity index (χ0v) is 15.6. The SMILES string of the molecule is COC(=O)c1ccc(S(=O)(=O)N2CC=C(c3ccccc3)CC2)c(C)c1. The molecule has 1 aliphatic rings. The van der Waals surface area contributed by atoms with Crippen molar-refractivity contribution in [2.24, 2.45) is 0 Å². The van der Waals surface area contributed by atoms with Crippen LogP contribution in [0.1, 0.15) is 27.9 Å². The number of nitrogens with zero attached hydrogens (tertiary/aromatic N) is 1. The Balaban J connectivity index is 1.84. The molecule has 0 bridgehead atoms. The van der Waals surface area contributed by atoms with Gasteiger partial charge in [-0.3, -0.25) is 0 Å². The number of sulfonamides is 1. The van der Waals surface area contributed by atoms with Crippen LogP contribution in [0.25, 0.3) is 5.57 Å². The number of rotatable bonds is 4. The molecule has 3 rings (SSSR count). The number of aryl methyl sites for hydroxylation is 1. The molecule has 0 spiro atoms. The van der Waals surface area contributed by atoms with Gasteiger partial charge in [-0.05, 0) is 48.2 Å². The van der Waals surface area contributed by atoms with Crippen molar-refractivity contribution in [2.75, 3.05) is 20.2 Å². The van der Waals surface area contributed by atoms with E-state index in [1.165, 1.54) is 23.5 Å². The van der Waals surface area contributed by atoms with Crippen molar-refractivity contribution in [3.8, 4) is 0 Å². The molecule has 2 aromatic rings. The van der Waals surface area contributed by atoms with E-state index >= 15 is 0 Å². The molecule has 0 aliphatic carbocycles. The van der Waals surface area contributed by atoms with Crippen molar-refractivity contribution in [3.05, 3.63) is 71.3 Å². The Hall–Kier alpha value is -2.44. The molecule has 0 fully saturated rings. The first-order valence-electron chi connectivity index (χ1n) is 8.37. The lowest BCUT2D eigenvalue weighted by Crippen LogP contribution is -2.35. The number of methoxy groups -OCH3 is 1. The summed E-state index contributed by atoms with van der Waals surface area (Å²) in [5, 5.41) is 0. The van der Waals surface area contributed by atoms with Crippen molar-refractivity contribution >= 4 is 21.6 Å². The smallest absolute Gasteiger partial charge is 0.337 e. The van der Waals surface area contributed by atoms with Gasteiger partial charge in [-0.2, -0.15) is 4.31 Å². The third-order valence-corrected chi connectivity index (χ3v) is 6.56. The Morgan fingerprint density at radius 1 is 1.12 bits per heavy atom. The second-order valence-electron chi connectivity index (χ2n) is 6.18. The normalized spacial score (nSPS) is 15.4.